The summed E-state index contributed by atoms with van der Waals surface area (Å²) in [4.78, 5) is 2.58. The van der Waals surface area contributed by atoms with Crippen LogP contribution in [0.25, 0.3) is 0 Å². The second kappa shape index (κ2) is 8.43. The predicted molar refractivity (Wildman–Crippen MR) is 88.9 cm³/mol. The third-order valence-electron chi connectivity index (χ3n) is 4.43. The lowest BCUT2D eigenvalue weighted by Crippen LogP contribution is -2.46. The molecule has 0 aliphatic rings. The van der Waals surface area contributed by atoms with Crippen LogP contribution in [0.1, 0.15) is 64.1 Å². The lowest BCUT2D eigenvalue weighted by atomic mass is 9.97. The average Bonchev–Trinajstić information content (AvgIpc) is 2.47. The van der Waals surface area contributed by atoms with Crippen molar-refractivity contribution in [3.05, 3.63) is 35.4 Å². The lowest BCUT2D eigenvalue weighted by molar-refractivity contribution is 0.128. The summed E-state index contributed by atoms with van der Waals surface area (Å²) in [6.45, 7) is 12.4. The molecule has 0 fully saturated rings. The number of hydrogen-bond donors (Lipinski definition) is 1. The zero-order valence-corrected chi connectivity index (χ0v) is 13.9. The van der Waals surface area contributed by atoms with Gasteiger partial charge in [-0.2, -0.15) is 0 Å². The third kappa shape index (κ3) is 4.60. The fraction of sp³-hybridized carbons (Fsp3) is 0.667. The largest absolute Gasteiger partial charge is 0.323 e. The first-order valence-electron chi connectivity index (χ1n) is 8.09. The highest BCUT2D eigenvalue weighted by atomic mass is 15.2. The zero-order chi connectivity index (χ0) is 15.1. The summed E-state index contributed by atoms with van der Waals surface area (Å²) in [5.74, 6) is 0. The van der Waals surface area contributed by atoms with E-state index in [4.69, 9.17) is 5.73 Å². The van der Waals surface area contributed by atoms with Crippen molar-refractivity contribution in [1.29, 1.82) is 0 Å². The van der Waals surface area contributed by atoms with Gasteiger partial charge in [0.25, 0.3) is 0 Å². The molecule has 0 aliphatic carbocycles. The molecule has 0 radical (unpaired) electrons. The summed E-state index contributed by atoms with van der Waals surface area (Å²) in [7, 11) is 0. The molecular weight excluding hydrogens is 244 g/mol. The summed E-state index contributed by atoms with van der Waals surface area (Å²) >= 11 is 0. The van der Waals surface area contributed by atoms with E-state index in [2.05, 4.69) is 63.8 Å². The standard InChI is InChI=1S/C18H32N2/c1-6-8-13-20(15(4)7-2)16(5)18(19)17-11-9-14(3)10-12-17/h9-12,15-16,18H,6-8,13,19H2,1-5H3. The van der Waals surface area contributed by atoms with E-state index in [0.29, 0.717) is 12.1 Å². The Hall–Kier alpha value is -0.860. The van der Waals surface area contributed by atoms with Crippen LogP contribution in [-0.4, -0.2) is 23.5 Å². The average molecular weight is 276 g/mol. The number of nitrogens with two attached hydrogens (primary N) is 1. The Labute approximate surface area is 125 Å². The van der Waals surface area contributed by atoms with Gasteiger partial charge in [-0.25, -0.2) is 0 Å². The molecule has 1 aromatic rings. The topological polar surface area (TPSA) is 29.3 Å². The molecule has 114 valence electrons. The van der Waals surface area contributed by atoms with Crippen LogP contribution in [0.15, 0.2) is 24.3 Å². The molecule has 2 heteroatoms. The van der Waals surface area contributed by atoms with Crippen LogP contribution < -0.4 is 5.73 Å². The molecule has 0 spiro atoms. The monoisotopic (exact) mass is 276 g/mol. The van der Waals surface area contributed by atoms with Gasteiger partial charge in [0.2, 0.25) is 0 Å². The molecule has 1 rings (SSSR count). The molecule has 3 atom stereocenters. The first kappa shape index (κ1) is 17.2. The van der Waals surface area contributed by atoms with Gasteiger partial charge in [-0.05, 0) is 45.7 Å². The van der Waals surface area contributed by atoms with Crippen molar-refractivity contribution >= 4 is 0 Å². The summed E-state index contributed by atoms with van der Waals surface area (Å²) in [5.41, 5.74) is 9.05. The molecule has 3 unspecified atom stereocenters. The minimum Gasteiger partial charge on any atom is -0.323 e. The van der Waals surface area contributed by atoms with Crippen molar-refractivity contribution < 1.29 is 0 Å². The number of nitrogens with zero attached hydrogens (tertiary/aromatic N) is 1. The lowest BCUT2D eigenvalue weighted by Gasteiger charge is -2.37. The zero-order valence-electron chi connectivity index (χ0n) is 13.9. The van der Waals surface area contributed by atoms with Crippen LogP contribution in [0, 0.1) is 6.92 Å². The van der Waals surface area contributed by atoms with Gasteiger partial charge in [0.15, 0.2) is 0 Å². The highest BCUT2D eigenvalue weighted by molar-refractivity contribution is 5.24. The maximum Gasteiger partial charge on any atom is 0.0450 e. The van der Waals surface area contributed by atoms with Gasteiger partial charge < -0.3 is 5.73 Å². The van der Waals surface area contributed by atoms with E-state index >= 15 is 0 Å². The highest BCUT2D eigenvalue weighted by Gasteiger charge is 2.24. The first-order chi connectivity index (χ1) is 9.51. The SMILES string of the molecule is CCCCN(C(C)CC)C(C)C(N)c1ccc(C)cc1. The molecule has 20 heavy (non-hydrogen) atoms. The Kier molecular flexibility index (Phi) is 7.25. The van der Waals surface area contributed by atoms with Crippen molar-refractivity contribution in [3.8, 4) is 0 Å². The quantitative estimate of drug-likeness (QED) is 0.767. The van der Waals surface area contributed by atoms with E-state index in [0.717, 1.165) is 6.54 Å². The minimum absolute atomic E-state index is 0.0847. The van der Waals surface area contributed by atoms with Crippen molar-refractivity contribution in [2.45, 2.75) is 72.0 Å². The third-order valence-corrected chi connectivity index (χ3v) is 4.43. The molecule has 0 amide bonds. The normalized spacial score (nSPS) is 16.1. The summed E-state index contributed by atoms with van der Waals surface area (Å²) < 4.78 is 0. The minimum atomic E-state index is 0.0847. The predicted octanol–water partition coefficient (Wildman–Crippen LogP) is 4.28. The Balaban J connectivity index is 2.81. The molecule has 0 heterocycles. The van der Waals surface area contributed by atoms with Crippen LogP contribution in [0.2, 0.25) is 0 Å². The number of aryl methyl sites for hydroxylation is 1. The van der Waals surface area contributed by atoms with Crippen LogP contribution in [0.4, 0.5) is 0 Å². The van der Waals surface area contributed by atoms with Gasteiger partial charge in [-0.3, -0.25) is 4.90 Å². The molecule has 0 saturated heterocycles. The fourth-order valence-corrected chi connectivity index (χ4v) is 2.67. The molecule has 0 aliphatic heterocycles. The van der Waals surface area contributed by atoms with Crippen LogP contribution >= 0.6 is 0 Å². The summed E-state index contributed by atoms with van der Waals surface area (Å²) in [6, 6.07) is 9.70. The van der Waals surface area contributed by atoms with Crippen LogP contribution in [-0.2, 0) is 0 Å². The molecule has 0 aromatic heterocycles. The van der Waals surface area contributed by atoms with Gasteiger partial charge >= 0.3 is 0 Å². The highest BCUT2D eigenvalue weighted by Crippen LogP contribution is 2.22. The van der Waals surface area contributed by atoms with Crippen LogP contribution in [0.3, 0.4) is 0 Å². The first-order valence-corrected chi connectivity index (χ1v) is 8.09. The second-order valence-corrected chi connectivity index (χ2v) is 6.03. The van der Waals surface area contributed by atoms with Gasteiger partial charge in [0, 0.05) is 18.1 Å². The Morgan fingerprint density at radius 2 is 1.70 bits per heavy atom. The number of unbranched alkanes of at least 4 members (excludes halogenated alkanes) is 1. The van der Waals surface area contributed by atoms with E-state index in [1.54, 1.807) is 0 Å². The van der Waals surface area contributed by atoms with Crippen LogP contribution in [0.5, 0.6) is 0 Å². The van der Waals surface area contributed by atoms with Gasteiger partial charge in [0.1, 0.15) is 0 Å². The maximum absolute atomic E-state index is 6.51. The smallest absolute Gasteiger partial charge is 0.0450 e. The molecular formula is C18H32N2. The Morgan fingerprint density at radius 3 is 2.20 bits per heavy atom. The van der Waals surface area contributed by atoms with Crippen molar-refractivity contribution in [2.75, 3.05) is 6.54 Å². The molecule has 2 N–H and O–H groups in total. The van der Waals surface area contributed by atoms with Crippen molar-refractivity contribution in [3.63, 3.8) is 0 Å². The molecule has 0 bridgehead atoms. The number of rotatable bonds is 8. The van der Waals surface area contributed by atoms with E-state index in [-0.39, 0.29) is 6.04 Å². The van der Waals surface area contributed by atoms with E-state index in [1.165, 1.54) is 30.4 Å². The van der Waals surface area contributed by atoms with E-state index in [1.807, 2.05) is 0 Å². The molecule has 2 nitrogen and oxygen atoms in total. The number of hydrogen-bond acceptors (Lipinski definition) is 2. The maximum atomic E-state index is 6.51. The van der Waals surface area contributed by atoms with Crippen molar-refractivity contribution in [2.24, 2.45) is 5.73 Å². The fourth-order valence-electron chi connectivity index (χ4n) is 2.67. The van der Waals surface area contributed by atoms with E-state index < -0.39 is 0 Å². The van der Waals surface area contributed by atoms with Gasteiger partial charge in [-0.1, -0.05) is 50.1 Å². The van der Waals surface area contributed by atoms with Gasteiger partial charge in [0.05, 0.1) is 0 Å². The Morgan fingerprint density at radius 1 is 1.10 bits per heavy atom. The summed E-state index contributed by atoms with van der Waals surface area (Å²) in [5, 5.41) is 0. The van der Waals surface area contributed by atoms with Gasteiger partial charge in [-0.15, -0.1) is 0 Å². The molecule has 0 saturated carbocycles. The second-order valence-electron chi connectivity index (χ2n) is 6.03. The number of benzene rings is 1. The Bertz CT molecular complexity index is 372. The van der Waals surface area contributed by atoms with Crippen molar-refractivity contribution in [1.82, 2.24) is 4.90 Å². The summed E-state index contributed by atoms with van der Waals surface area (Å²) in [6.07, 6.45) is 3.66. The van der Waals surface area contributed by atoms with E-state index in [9.17, 15) is 0 Å². The molecule has 1 aromatic carbocycles.